The second kappa shape index (κ2) is 5.97. The van der Waals surface area contributed by atoms with Crippen molar-refractivity contribution in [2.75, 3.05) is 5.32 Å². The molecule has 2 aromatic carbocycles. The Hall–Kier alpha value is -2.33. The molecule has 0 aliphatic rings. The second-order valence-corrected chi connectivity index (χ2v) is 5.08. The first-order valence-corrected chi connectivity index (χ1v) is 6.88. The summed E-state index contributed by atoms with van der Waals surface area (Å²) in [6.45, 7) is 0.528. The van der Waals surface area contributed by atoms with E-state index in [2.05, 4.69) is 15.5 Å². The summed E-state index contributed by atoms with van der Waals surface area (Å²) in [5.74, 6) is -0.361. The van der Waals surface area contributed by atoms with Gasteiger partial charge in [-0.3, -0.25) is 5.10 Å². The normalized spacial score (nSPS) is 10.6. The number of rotatable bonds is 4. The molecule has 0 unspecified atom stereocenters. The molecular formula is C16H13ClFN3. The van der Waals surface area contributed by atoms with Gasteiger partial charge in [0.25, 0.3) is 0 Å². The molecule has 2 N–H and O–H groups in total. The summed E-state index contributed by atoms with van der Waals surface area (Å²) >= 11 is 5.84. The molecule has 5 heteroatoms. The van der Waals surface area contributed by atoms with Crippen molar-refractivity contribution in [2.45, 2.75) is 6.54 Å². The predicted molar refractivity (Wildman–Crippen MR) is 82.8 cm³/mol. The van der Waals surface area contributed by atoms with Gasteiger partial charge in [0.2, 0.25) is 0 Å². The molecule has 3 rings (SSSR count). The second-order valence-electron chi connectivity index (χ2n) is 4.65. The van der Waals surface area contributed by atoms with Crippen LogP contribution in [0.25, 0.3) is 11.3 Å². The highest BCUT2D eigenvalue weighted by Gasteiger charge is 2.07. The minimum absolute atomic E-state index is 0.361. The highest BCUT2D eigenvalue weighted by molar-refractivity contribution is 6.30. The summed E-state index contributed by atoms with van der Waals surface area (Å²) in [6.07, 6.45) is 1.76. The van der Waals surface area contributed by atoms with Crippen molar-refractivity contribution in [2.24, 2.45) is 0 Å². The highest BCUT2D eigenvalue weighted by Crippen LogP contribution is 2.23. The van der Waals surface area contributed by atoms with Crippen LogP contribution >= 0.6 is 11.6 Å². The number of aromatic nitrogens is 2. The van der Waals surface area contributed by atoms with Crippen LogP contribution in [0.4, 0.5) is 10.1 Å². The van der Waals surface area contributed by atoms with Crippen molar-refractivity contribution >= 4 is 17.3 Å². The van der Waals surface area contributed by atoms with Gasteiger partial charge >= 0.3 is 0 Å². The van der Waals surface area contributed by atoms with E-state index in [0.717, 1.165) is 16.8 Å². The topological polar surface area (TPSA) is 40.7 Å². The minimum Gasteiger partial charge on any atom is -0.381 e. The Balaban J connectivity index is 1.79. The molecule has 0 radical (unpaired) electrons. The van der Waals surface area contributed by atoms with Crippen molar-refractivity contribution in [3.63, 3.8) is 0 Å². The van der Waals surface area contributed by atoms with Crippen molar-refractivity contribution in [3.05, 3.63) is 71.1 Å². The Morgan fingerprint density at radius 1 is 1.14 bits per heavy atom. The Bertz CT molecular complexity index is 720. The van der Waals surface area contributed by atoms with Gasteiger partial charge in [-0.05, 0) is 23.8 Å². The number of hydrogen-bond donors (Lipinski definition) is 2. The molecule has 0 spiro atoms. The zero-order chi connectivity index (χ0) is 14.7. The molecule has 3 nitrogen and oxygen atoms in total. The van der Waals surface area contributed by atoms with Crippen molar-refractivity contribution in [1.29, 1.82) is 0 Å². The minimum atomic E-state index is -0.361. The SMILES string of the molecule is Fc1cc(Cl)cc(NCc2cn[nH]c2-c2ccccc2)c1. The molecule has 0 amide bonds. The molecule has 1 aromatic heterocycles. The molecule has 21 heavy (non-hydrogen) atoms. The zero-order valence-corrected chi connectivity index (χ0v) is 11.9. The van der Waals surface area contributed by atoms with Gasteiger partial charge in [0.05, 0.1) is 11.9 Å². The smallest absolute Gasteiger partial charge is 0.126 e. The maximum atomic E-state index is 13.3. The number of anilines is 1. The van der Waals surface area contributed by atoms with Crippen LogP contribution in [-0.4, -0.2) is 10.2 Å². The number of H-pyrrole nitrogens is 1. The van der Waals surface area contributed by atoms with E-state index in [1.165, 1.54) is 12.1 Å². The summed E-state index contributed by atoms with van der Waals surface area (Å²) in [5, 5.41) is 10.6. The fraction of sp³-hybridized carbons (Fsp3) is 0.0625. The van der Waals surface area contributed by atoms with Gasteiger partial charge in [-0.1, -0.05) is 41.9 Å². The molecule has 1 heterocycles. The highest BCUT2D eigenvalue weighted by atomic mass is 35.5. The average Bonchev–Trinajstić information content (AvgIpc) is 2.93. The molecule has 0 saturated heterocycles. The van der Waals surface area contributed by atoms with Crippen LogP contribution in [0.1, 0.15) is 5.56 Å². The number of halogens is 2. The largest absolute Gasteiger partial charge is 0.381 e. The fourth-order valence-electron chi connectivity index (χ4n) is 2.15. The number of nitrogens with zero attached hydrogens (tertiary/aromatic N) is 1. The third-order valence-corrected chi connectivity index (χ3v) is 3.34. The standard InChI is InChI=1S/C16H13ClFN3/c17-13-6-14(18)8-15(7-13)19-9-12-10-20-21-16(12)11-4-2-1-3-5-11/h1-8,10,19H,9H2,(H,20,21). The van der Waals surface area contributed by atoms with Gasteiger partial charge < -0.3 is 5.32 Å². The third-order valence-electron chi connectivity index (χ3n) is 3.13. The summed E-state index contributed by atoms with van der Waals surface area (Å²) in [4.78, 5) is 0. The van der Waals surface area contributed by atoms with Gasteiger partial charge in [-0.15, -0.1) is 0 Å². The van der Waals surface area contributed by atoms with E-state index in [0.29, 0.717) is 17.3 Å². The van der Waals surface area contributed by atoms with E-state index in [1.807, 2.05) is 30.3 Å². The molecule has 0 fully saturated rings. The number of benzene rings is 2. The van der Waals surface area contributed by atoms with Gasteiger partial charge in [0.15, 0.2) is 0 Å². The maximum absolute atomic E-state index is 13.3. The van der Waals surface area contributed by atoms with Gasteiger partial charge in [-0.2, -0.15) is 5.10 Å². The van der Waals surface area contributed by atoms with Crippen LogP contribution in [0, 0.1) is 5.82 Å². The maximum Gasteiger partial charge on any atom is 0.126 e. The lowest BCUT2D eigenvalue weighted by molar-refractivity contribution is 0.628. The van der Waals surface area contributed by atoms with Crippen LogP contribution in [-0.2, 0) is 6.54 Å². The quantitative estimate of drug-likeness (QED) is 0.746. The van der Waals surface area contributed by atoms with E-state index < -0.39 is 0 Å². The first kappa shape index (κ1) is 13.6. The Kier molecular flexibility index (Phi) is 3.88. The number of aromatic amines is 1. The summed E-state index contributed by atoms with van der Waals surface area (Å²) in [6, 6.07) is 14.3. The number of hydrogen-bond acceptors (Lipinski definition) is 2. The lowest BCUT2D eigenvalue weighted by Gasteiger charge is -2.08. The monoisotopic (exact) mass is 301 g/mol. The van der Waals surface area contributed by atoms with Crippen LogP contribution in [0.15, 0.2) is 54.7 Å². The predicted octanol–water partition coefficient (Wildman–Crippen LogP) is 4.48. The van der Waals surface area contributed by atoms with Crippen LogP contribution in [0.5, 0.6) is 0 Å². The lowest BCUT2D eigenvalue weighted by atomic mass is 10.1. The summed E-state index contributed by atoms with van der Waals surface area (Å²) < 4.78 is 13.3. The zero-order valence-electron chi connectivity index (χ0n) is 11.1. The molecule has 0 aliphatic heterocycles. The fourth-order valence-corrected chi connectivity index (χ4v) is 2.37. The molecule has 0 aliphatic carbocycles. The Labute approximate surface area is 126 Å². The van der Waals surface area contributed by atoms with Crippen molar-refractivity contribution in [3.8, 4) is 11.3 Å². The van der Waals surface area contributed by atoms with Gasteiger partial charge in [0.1, 0.15) is 5.82 Å². The number of nitrogens with one attached hydrogen (secondary N) is 2. The van der Waals surface area contributed by atoms with E-state index in [-0.39, 0.29) is 5.82 Å². The van der Waals surface area contributed by atoms with E-state index in [1.54, 1.807) is 12.3 Å². The first-order chi connectivity index (χ1) is 10.2. The Morgan fingerprint density at radius 3 is 2.71 bits per heavy atom. The van der Waals surface area contributed by atoms with E-state index in [4.69, 9.17) is 11.6 Å². The van der Waals surface area contributed by atoms with Crippen LogP contribution in [0.2, 0.25) is 5.02 Å². The summed E-state index contributed by atoms with van der Waals surface area (Å²) in [5.41, 5.74) is 3.65. The Morgan fingerprint density at radius 2 is 1.95 bits per heavy atom. The van der Waals surface area contributed by atoms with Crippen molar-refractivity contribution in [1.82, 2.24) is 10.2 Å². The van der Waals surface area contributed by atoms with Gasteiger partial charge in [0, 0.05) is 22.8 Å². The lowest BCUT2D eigenvalue weighted by Crippen LogP contribution is -2.00. The van der Waals surface area contributed by atoms with E-state index >= 15 is 0 Å². The van der Waals surface area contributed by atoms with Crippen LogP contribution < -0.4 is 5.32 Å². The van der Waals surface area contributed by atoms with E-state index in [9.17, 15) is 4.39 Å². The molecule has 0 atom stereocenters. The average molecular weight is 302 g/mol. The molecule has 106 valence electrons. The molecule has 0 saturated carbocycles. The third kappa shape index (κ3) is 3.23. The molecule has 3 aromatic rings. The van der Waals surface area contributed by atoms with Gasteiger partial charge in [-0.25, -0.2) is 4.39 Å². The van der Waals surface area contributed by atoms with Crippen LogP contribution in [0.3, 0.4) is 0 Å². The molecule has 0 bridgehead atoms. The van der Waals surface area contributed by atoms with Crippen molar-refractivity contribution < 1.29 is 4.39 Å². The summed E-state index contributed by atoms with van der Waals surface area (Å²) in [7, 11) is 0. The first-order valence-electron chi connectivity index (χ1n) is 6.50. The molecular weight excluding hydrogens is 289 g/mol.